The molecule has 0 bridgehead atoms. The first-order valence-corrected chi connectivity index (χ1v) is 17.9. The highest BCUT2D eigenvalue weighted by Crippen LogP contribution is 2.13. The van der Waals surface area contributed by atoms with Crippen LogP contribution in [0.5, 0.6) is 0 Å². The van der Waals surface area contributed by atoms with Crippen LogP contribution in [0.1, 0.15) is 136 Å². The quantitative estimate of drug-likeness (QED) is 0.0507. The van der Waals surface area contributed by atoms with Gasteiger partial charge in [0, 0.05) is 13.0 Å². The summed E-state index contributed by atoms with van der Waals surface area (Å²) in [6, 6.07) is 0. The van der Waals surface area contributed by atoms with Gasteiger partial charge in [0.15, 0.2) is 0 Å². The molecule has 0 aromatic rings. The molecule has 0 unspecified atom stereocenters. The number of rotatable bonds is 38. The second-order valence-corrected chi connectivity index (χ2v) is 11.3. The normalized spacial score (nSPS) is 11.4. The molecular formula is C35H70O8. The maximum Gasteiger partial charge on any atom is 0.305 e. The molecule has 0 amide bonds. The van der Waals surface area contributed by atoms with Crippen LogP contribution < -0.4 is 0 Å². The van der Waals surface area contributed by atoms with Gasteiger partial charge in [-0.3, -0.25) is 4.79 Å². The zero-order chi connectivity index (χ0) is 31.2. The van der Waals surface area contributed by atoms with Crippen molar-refractivity contribution in [2.24, 2.45) is 0 Å². The second-order valence-electron chi connectivity index (χ2n) is 11.3. The maximum absolute atomic E-state index is 11.8. The van der Waals surface area contributed by atoms with E-state index in [1.807, 2.05) is 0 Å². The topological polar surface area (TPSA) is 81.7 Å². The molecular weight excluding hydrogens is 548 g/mol. The van der Waals surface area contributed by atoms with Gasteiger partial charge in [-0.15, -0.1) is 0 Å². The van der Waals surface area contributed by atoms with Gasteiger partial charge in [0.2, 0.25) is 0 Å². The van der Waals surface area contributed by atoms with Gasteiger partial charge in [0.25, 0.3) is 0 Å². The predicted molar refractivity (Wildman–Crippen MR) is 175 cm³/mol. The van der Waals surface area contributed by atoms with Crippen LogP contribution in [0.25, 0.3) is 0 Å². The van der Waals surface area contributed by atoms with Gasteiger partial charge in [-0.25, -0.2) is 0 Å². The van der Waals surface area contributed by atoms with Crippen molar-refractivity contribution in [3.63, 3.8) is 0 Å². The molecule has 8 heteroatoms. The molecule has 0 aromatic heterocycles. The van der Waals surface area contributed by atoms with Crippen molar-refractivity contribution < 1.29 is 38.0 Å². The van der Waals surface area contributed by atoms with E-state index in [4.69, 9.17) is 33.2 Å². The van der Waals surface area contributed by atoms with Crippen LogP contribution in [-0.2, 0) is 38.0 Å². The van der Waals surface area contributed by atoms with E-state index in [2.05, 4.69) is 13.8 Å². The summed E-state index contributed by atoms with van der Waals surface area (Å²) in [6.45, 7) is 11.5. The smallest absolute Gasteiger partial charge is 0.305 e. The predicted octanol–water partition coefficient (Wildman–Crippen LogP) is 8.08. The third-order valence-electron chi connectivity index (χ3n) is 7.23. The Bertz CT molecular complexity index is 520. The van der Waals surface area contributed by atoms with Crippen LogP contribution in [0.15, 0.2) is 0 Å². The van der Waals surface area contributed by atoms with Crippen molar-refractivity contribution in [2.75, 3.05) is 85.9 Å². The molecule has 0 aromatic carbocycles. The first-order valence-electron chi connectivity index (χ1n) is 17.9. The fourth-order valence-electron chi connectivity index (χ4n) is 4.58. The summed E-state index contributed by atoms with van der Waals surface area (Å²) in [7, 11) is 0. The van der Waals surface area contributed by atoms with Crippen molar-refractivity contribution in [3.05, 3.63) is 0 Å². The van der Waals surface area contributed by atoms with E-state index >= 15 is 0 Å². The van der Waals surface area contributed by atoms with E-state index < -0.39 is 0 Å². The second kappa shape index (κ2) is 39.3. The summed E-state index contributed by atoms with van der Waals surface area (Å²) in [4.78, 5) is 11.8. The molecule has 0 aliphatic carbocycles. The fraction of sp³-hybridized carbons (Fsp3) is 0.971. The van der Waals surface area contributed by atoms with E-state index in [1.54, 1.807) is 0 Å². The summed E-state index contributed by atoms with van der Waals surface area (Å²) >= 11 is 0. The molecule has 0 saturated heterocycles. The highest BCUT2D eigenvalue weighted by atomic mass is 16.6. The average Bonchev–Trinajstić information content (AvgIpc) is 3.01. The Morgan fingerprint density at radius 2 is 0.605 bits per heavy atom. The molecule has 0 saturated carbocycles. The van der Waals surface area contributed by atoms with Crippen LogP contribution in [0.2, 0.25) is 0 Å². The Labute approximate surface area is 265 Å². The minimum Gasteiger partial charge on any atom is -0.463 e. The summed E-state index contributed by atoms with van der Waals surface area (Å²) in [5.41, 5.74) is 0. The van der Waals surface area contributed by atoms with Crippen LogP contribution in [0.3, 0.4) is 0 Å². The number of hydrogen-bond donors (Lipinski definition) is 0. The molecule has 8 nitrogen and oxygen atoms in total. The molecule has 0 atom stereocenters. The van der Waals surface area contributed by atoms with Gasteiger partial charge in [0.1, 0.15) is 6.61 Å². The van der Waals surface area contributed by atoms with E-state index in [-0.39, 0.29) is 5.97 Å². The monoisotopic (exact) mass is 619 g/mol. The largest absolute Gasteiger partial charge is 0.463 e. The summed E-state index contributed by atoms with van der Waals surface area (Å²) < 4.78 is 38.2. The Morgan fingerprint density at radius 1 is 0.326 bits per heavy atom. The number of carbonyl (C=O) groups is 1. The minimum absolute atomic E-state index is 0.120. The zero-order valence-electron chi connectivity index (χ0n) is 28.4. The Balaban J connectivity index is 3.13. The lowest BCUT2D eigenvalue weighted by Gasteiger charge is -2.08. The molecule has 0 aliphatic rings. The molecule has 0 heterocycles. The van der Waals surface area contributed by atoms with Gasteiger partial charge < -0.3 is 33.2 Å². The summed E-state index contributed by atoms with van der Waals surface area (Å²) in [5, 5.41) is 0. The number of esters is 1. The Morgan fingerprint density at radius 3 is 0.977 bits per heavy atom. The van der Waals surface area contributed by atoms with Crippen LogP contribution in [0.4, 0.5) is 0 Å². The number of unbranched alkanes of at least 4 members (excludes halogenated alkanes) is 16. The van der Waals surface area contributed by atoms with Crippen molar-refractivity contribution in [2.45, 2.75) is 136 Å². The molecule has 0 rings (SSSR count). The van der Waals surface area contributed by atoms with E-state index in [1.165, 1.54) is 96.3 Å². The van der Waals surface area contributed by atoms with Gasteiger partial charge in [-0.2, -0.15) is 0 Å². The zero-order valence-corrected chi connectivity index (χ0v) is 28.4. The molecule has 0 N–H and O–H groups in total. The summed E-state index contributed by atoms with van der Waals surface area (Å²) in [5.74, 6) is -0.120. The molecule has 258 valence electrons. The number of hydrogen-bond acceptors (Lipinski definition) is 8. The van der Waals surface area contributed by atoms with Crippen molar-refractivity contribution >= 4 is 5.97 Å². The first kappa shape index (κ1) is 42.2. The molecule has 43 heavy (non-hydrogen) atoms. The molecule has 0 fully saturated rings. The summed E-state index contributed by atoms with van der Waals surface area (Å²) in [6.07, 6.45) is 23.7. The van der Waals surface area contributed by atoms with Crippen LogP contribution >= 0.6 is 0 Å². The van der Waals surface area contributed by atoms with Crippen LogP contribution in [0, 0.1) is 0 Å². The molecule has 0 spiro atoms. The lowest BCUT2D eigenvalue weighted by atomic mass is 10.0. The van der Waals surface area contributed by atoms with Gasteiger partial charge >= 0.3 is 5.97 Å². The fourth-order valence-corrected chi connectivity index (χ4v) is 4.58. The van der Waals surface area contributed by atoms with Crippen molar-refractivity contribution in [1.29, 1.82) is 0 Å². The van der Waals surface area contributed by atoms with Crippen LogP contribution in [-0.4, -0.2) is 91.9 Å². The minimum atomic E-state index is -0.120. The van der Waals surface area contributed by atoms with Gasteiger partial charge in [-0.05, 0) is 12.8 Å². The third-order valence-corrected chi connectivity index (χ3v) is 7.23. The van der Waals surface area contributed by atoms with E-state index in [0.29, 0.717) is 85.7 Å². The lowest BCUT2D eigenvalue weighted by molar-refractivity contribution is -0.145. The van der Waals surface area contributed by atoms with Gasteiger partial charge in [0.05, 0.1) is 72.7 Å². The highest BCUT2D eigenvalue weighted by Gasteiger charge is 2.03. The standard InChI is InChI=1S/C35H70O8/c1-3-5-7-9-10-11-12-13-14-15-16-17-19-21-35(36)43-34-33-42-32-31-41-30-29-40-28-27-39-26-25-38-24-23-37-22-20-18-8-6-4-2/h3-34H2,1-2H3. The molecule has 0 aliphatic heterocycles. The van der Waals surface area contributed by atoms with Crippen molar-refractivity contribution in [3.8, 4) is 0 Å². The number of ether oxygens (including phenoxy) is 7. The van der Waals surface area contributed by atoms with E-state index in [0.717, 1.165) is 25.9 Å². The van der Waals surface area contributed by atoms with Crippen molar-refractivity contribution in [1.82, 2.24) is 0 Å². The average molecular weight is 619 g/mol. The lowest BCUT2D eigenvalue weighted by Crippen LogP contribution is -2.15. The van der Waals surface area contributed by atoms with Gasteiger partial charge in [-0.1, -0.05) is 117 Å². The first-order chi connectivity index (χ1) is 21.3. The maximum atomic E-state index is 11.8. The third kappa shape index (κ3) is 39.2. The van der Waals surface area contributed by atoms with E-state index in [9.17, 15) is 4.79 Å². The number of carbonyl (C=O) groups excluding carboxylic acids is 1. The highest BCUT2D eigenvalue weighted by molar-refractivity contribution is 5.69. The molecule has 0 radical (unpaired) electrons. The SMILES string of the molecule is CCCCCCCCCCCCCCCC(=O)OCCOCCOCCOCCOCCOCCOCCCCCCC. The Kier molecular flexibility index (Phi) is 38.6. The Hall–Kier alpha value is -0.770.